The van der Waals surface area contributed by atoms with Crippen molar-refractivity contribution in [2.75, 3.05) is 13.7 Å². The lowest BCUT2D eigenvalue weighted by Crippen LogP contribution is -2.21. The Morgan fingerprint density at radius 1 is 1.19 bits per heavy atom. The lowest BCUT2D eigenvalue weighted by molar-refractivity contribution is 0.283. The molecule has 1 aromatic carbocycles. The van der Waals surface area contributed by atoms with Crippen LogP contribution in [0.4, 0.5) is 0 Å². The van der Waals surface area contributed by atoms with Crippen LogP contribution in [0.15, 0.2) is 16.6 Å². The average molecular weight is 358 g/mol. The molecule has 0 aromatic heterocycles. The molecule has 1 atom stereocenters. The molecule has 120 valence electrons. The highest BCUT2D eigenvalue weighted by atomic mass is 79.9. The third-order valence-electron chi connectivity index (χ3n) is 3.56. The predicted molar refractivity (Wildman–Crippen MR) is 92.3 cm³/mol. The highest BCUT2D eigenvalue weighted by Gasteiger charge is 2.13. The van der Waals surface area contributed by atoms with Gasteiger partial charge in [0.1, 0.15) is 0 Å². The molecule has 0 amide bonds. The molecule has 0 fully saturated rings. The fraction of sp³-hybridized carbons (Fsp3) is 0.647. The van der Waals surface area contributed by atoms with Crippen LogP contribution in [0.5, 0.6) is 11.5 Å². The van der Waals surface area contributed by atoms with Crippen LogP contribution in [-0.2, 0) is 6.42 Å². The summed E-state index contributed by atoms with van der Waals surface area (Å²) < 4.78 is 12.3. The quantitative estimate of drug-likeness (QED) is 0.617. The van der Waals surface area contributed by atoms with E-state index in [-0.39, 0.29) is 6.04 Å². The molecule has 0 saturated carbocycles. The highest BCUT2D eigenvalue weighted by Crippen LogP contribution is 2.37. The summed E-state index contributed by atoms with van der Waals surface area (Å²) >= 11 is 3.59. The molecule has 21 heavy (non-hydrogen) atoms. The zero-order chi connectivity index (χ0) is 15.7. The maximum Gasteiger partial charge on any atom is 0.175 e. The maximum absolute atomic E-state index is 6.02. The summed E-state index contributed by atoms with van der Waals surface area (Å²) in [6, 6.07) is 4.29. The van der Waals surface area contributed by atoms with E-state index in [4.69, 9.17) is 15.2 Å². The first-order valence-corrected chi connectivity index (χ1v) is 8.66. The van der Waals surface area contributed by atoms with Gasteiger partial charge in [0.15, 0.2) is 11.5 Å². The molecule has 0 spiro atoms. The maximum atomic E-state index is 6.02. The number of nitrogens with two attached hydrogens (primary N) is 1. The van der Waals surface area contributed by atoms with Crippen LogP contribution in [-0.4, -0.2) is 19.8 Å². The number of methoxy groups -OCH3 is 1. The van der Waals surface area contributed by atoms with E-state index in [9.17, 15) is 0 Å². The minimum Gasteiger partial charge on any atom is -0.493 e. The normalized spacial score (nSPS) is 12.2. The van der Waals surface area contributed by atoms with Gasteiger partial charge in [-0.25, -0.2) is 0 Å². The topological polar surface area (TPSA) is 44.5 Å². The van der Waals surface area contributed by atoms with E-state index in [0.717, 1.165) is 41.8 Å². The van der Waals surface area contributed by atoms with Crippen LogP contribution in [0, 0.1) is 0 Å². The molecule has 0 aliphatic carbocycles. The van der Waals surface area contributed by atoms with Gasteiger partial charge in [-0.3, -0.25) is 0 Å². The second-order valence-corrected chi connectivity index (χ2v) is 6.24. The van der Waals surface area contributed by atoms with Crippen molar-refractivity contribution in [1.82, 2.24) is 0 Å². The van der Waals surface area contributed by atoms with Crippen LogP contribution >= 0.6 is 15.9 Å². The zero-order valence-corrected chi connectivity index (χ0v) is 15.0. The minimum atomic E-state index is 0.183. The summed E-state index contributed by atoms with van der Waals surface area (Å²) in [5, 5.41) is 0. The van der Waals surface area contributed by atoms with Crippen LogP contribution < -0.4 is 15.2 Å². The Morgan fingerprint density at radius 3 is 2.57 bits per heavy atom. The Balaban J connectivity index is 2.70. The summed E-state index contributed by atoms with van der Waals surface area (Å²) in [5.74, 6) is 1.57. The molecule has 3 nitrogen and oxygen atoms in total. The molecule has 1 aromatic rings. The highest BCUT2D eigenvalue weighted by molar-refractivity contribution is 9.10. The van der Waals surface area contributed by atoms with E-state index in [1.165, 1.54) is 24.8 Å². The van der Waals surface area contributed by atoms with Crippen LogP contribution in [0.25, 0.3) is 0 Å². The van der Waals surface area contributed by atoms with Gasteiger partial charge in [-0.2, -0.15) is 0 Å². The molecule has 2 N–H and O–H groups in total. The van der Waals surface area contributed by atoms with Gasteiger partial charge >= 0.3 is 0 Å². The van der Waals surface area contributed by atoms with E-state index < -0.39 is 0 Å². The van der Waals surface area contributed by atoms with E-state index in [1.54, 1.807) is 7.11 Å². The standard InChI is InChI=1S/C17H28BrNO2/c1-4-6-7-8-9-21-17-15(18)11-13(10-14(19)5-2)12-16(17)20-3/h11-12,14H,4-10,19H2,1-3H3. The lowest BCUT2D eigenvalue weighted by atomic mass is 10.0. The van der Waals surface area contributed by atoms with Crippen molar-refractivity contribution in [3.63, 3.8) is 0 Å². The first-order chi connectivity index (χ1) is 10.1. The minimum absolute atomic E-state index is 0.183. The van der Waals surface area contributed by atoms with E-state index in [1.807, 2.05) is 6.07 Å². The van der Waals surface area contributed by atoms with Gasteiger partial charge in [-0.1, -0.05) is 33.1 Å². The predicted octanol–water partition coefficient (Wildman–Crippen LogP) is 4.70. The fourth-order valence-electron chi connectivity index (χ4n) is 2.18. The third-order valence-corrected chi connectivity index (χ3v) is 4.14. The van der Waals surface area contributed by atoms with Crippen molar-refractivity contribution in [2.45, 2.75) is 58.4 Å². The Bertz CT molecular complexity index is 423. The van der Waals surface area contributed by atoms with E-state index in [2.05, 4.69) is 35.8 Å². The number of hydrogen-bond donors (Lipinski definition) is 1. The van der Waals surface area contributed by atoms with Gasteiger partial charge in [-0.15, -0.1) is 0 Å². The number of halogens is 1. The van der Waals surface area contributed by atoms with Crippen molar-refractivity contribution >= 4 is 15.9 Å². The van der Waals surface area contributed by atoms with Gasteiger partial charge in [0.05, 0.1) is 18.2 Å². The molecule has 0 heterocycles. The van der Waals surface area contributed by atoms with Gasteiger partial charge in [-0.05, 0) is 52.9 Å². The Labute approximate surface area is 137 Å². The first kappa shape index (κ1) is 18.3. The van der Waals surface area contributed by atoms with Crippen molar-refractivity contribution < 1.29 is 9.47 Å². The monoisotopic (exact) mass is 357 g/mol. The van der Waals surface area contributed by atoms with Crippen LogP contribution in [0.1, 0.15) is 51.5 Å². The molecule has 0 aliphatic heterocycles. The van der Waals surface area contributed by atoms with Crippen molar-refractivity contribution in [3.8, 4) is 11.5 Å². The molecule has 1 rings (SSSR count). The first-order valence-electron chi connectivity index (χ1n) is 7.87. The third kappa shape index (κ3) is 6.27. The second kappa shape index (κ2) is 10.1. The molecular formula is C17H28BrNO2. The number of hydrogen-bond acceptors (Lipinski definition) is 3. The number of benzene rings is 1. The number of rotatable bonds is 10. The lowest BCUT2D eigenvalue weighted by Gasteiger charge is -2.16. The molecule has 0 saturated heterocycles. The SMILES string of the molecule is CCCCCCOc1c(Br)cc(CC(N)CC)cc1OC. The van der Waals surface area contributed by atoms with Gasteiger partial charge < -0.3 is 15.2 Å². The molecule has 0 aliphatic rings. The van der Waals surface area contributed by atoms with E-state index in [0.29, 0.717) is 0 Å². The molecular weight excluding hydrogens is 330 g/mol. The molecule has 1 unspecified atom stereocenters. The van der Waals surface area contributed by atoms with Gasteiger partial charge in [0.2, 0.25) is 0 Å². The second-order valence-electron chi connectivity index (χ2n) is 5.39. The van der Waals surface area contributed by atoms with Gasteiger partial charge in [0.25, 0.3) is 0 Å². The largest absolute Gasteiger partial charge is 0.493 e. The Kier molecular flexibility index (Phi) is 8.77. The summed E-state index contributed by atoms with van der Waals surface area (Å²) in [4.78, 5) is 0. The van der Waals surface area contributed by atoms with Gasteiger partial charge in [0, 0.05) is 6.04 Å². The van der Waals surface area contributed by atoms with Crippen molar-refractivity contribution in [1.29, 1.82) is 0 Å². The fourth-order valence-corrected chi connectivity index (χ4v) is 2.79. The summed E-state index contributed by atoms with van der Waals surface area (Å²) in [6.07, 6.45) is 6.60. The van der Waals surface area contributed by atoms with Crippen LogP contribution in [0.3, 0.4) is 0 Å². The summed E-state index contributed by atoms with van der Waals surface area (Å²) in [5.41, 5.74) is 7.20. The molecule has 0 bridgehead atoms. The molecule has 4 heteroatoms. The van der Waals surface area contributed by atoms with Crippen LogP contribution in [0.2, 0.25) is 0 Å². The zero-order valence-electron chi connectivity index (χ0n) is 13.5. The smallest absolute Gasteiger partial charge is 0.175 e. The van der Waals surface area contributed by atoms with Crippen molar-refractivity contribution in [3.05, 3.63) is 22.2 Å². The Morgan fingerprint density at radius 2 is 1.95 bits per heavy atom. The summed E-state index contributed by atoms with van der Waals surface area (Å²) in [7, 11) is 1.68. The summed E-state index contributed by atoms with van der Waals surface area (Å²) in [6.45, 7) is 5.04. The van der Waals surface area contributed by atoms with E-state index >= 15 is 0 Å². The molecule has 0 radical (unpaired) electrons. The van der Waals surface area contributed by atoms with Crippen molar-refractivity contribution in [2.24, 2.45) is 5.73 Å². The Hall–Kier alpha value is -0.740. The number of unbranched alkanes of at least 4 members (excludes halogenated alkanes) is 3. The number of ether oxygens (including phenoxy) is 2. The average Bonchev–Trinajstić information content (AvgIpc) is 2.48.